The zero-order valence-electron chi connectivity index (χ0n) is 8.93. The van der Waals surface area contributed by atoms with E-state index in [9.17, 15) is 13.2 Å². The minimum absolute atomic E-state index is 0.0188. The van der Waals surface area contributed by atoms with Crippen molar-refractivity contribution in [1.29, 1.82) is 0 Å². The summed E-state index contributed by atoms with van der Waals surface area (Å²) in [5.41, 5.74) is 5.10. The first-order valence-corrected chi connectivity index (χ1v) is 4.79. The quantitative estimate of drug-likeness (QED) is 0.753. The van der Waals surface area contributed by atoms with Gasteiger partial charge in [-0.25, -0.2) is 0 Å². The molecule has 2 unspecified atom stereocenters. The van der Waals surface area contributed by atoms with Crippen LogP contribution in [0.4, 0.5) is 13.2 Å². The second-order valence-corrected chi connectivity index (χ2v) is 3.67. The summed E-state index contributed by atoms with van der Waals surface area (Å²) in [6.45, 7) is 3.50. The lowest BCUT2D eigenvalue weighted by Crippen LogP contribution is -2.42. The summed E-state index contributed by atoms with van der Waals surface area (Å²) in [6.07, 6.45) is -3.35. The smallest absolute Gasteiger partial charge is 0.330 e. The molecule has 86 valence electrons. The Morgan fingerprint density at radius 3 is 2.14 bits per heavy atom. The summed E-state index contributed by atoms with van der Waals surface area (Å²) in [4.78, 5) is 1.70. The molecule has 0 bridgehead atoms. The highest BCUT2D eigenvalue weighted by atomic mass is 19.4. The molecule has 0 fully saturated rings. The van der Waals surface area contributed by atoms with Crippen molar-refractivity contribution in [2.45, 2.75) is 32.5 Å². The van der Waals surface area contributed by atoms with Crippen LogP contribution in [0.1, 0.15) is 20.3 Å². The molecular weight excluding hydrogens is 193 g/mol. The third-order valence-electron chi connectivity index (χ3n) is 2.60. The fourth-order valence-electron chi connectivity index (χ4n) is 1.15. The standard InChI is InChI=1S/C9H19F3N2/c1-4-7(2)14(3)6-8(5-13)9(10,11)12/h7-8H,4-6,13H2,1-3H3. The Hall–Kier alpha value is -0.290. The van der Waals surface area contributed by atoms with Gasteiger partial charge in [-0.1, -0.05) is 6.92 Å². The van der Waals surface area contributed by atoms with Crippen molar-refractivity contribution in [2.24, 2.45) is 11.7 Å². The van der Waals surface area contributed by atoms with Crippen molar-refractivity contribution in [3.63, 3.8) is 0 Å². The number of nitrogens with zero attached hydrogens (tertiary/aromatic N) is 1. The minimum Gasteiger partial charge on any atom is -0.330 e. The monoisotopic (exact) mass is 212 g/mol. The molecule has 0 aliphatic heterocycles. The molecule has 0 saturated carbocycles. The lowest BCUT2D eigenvalue weighted by Gasteiger charge is -2.28. The van der Waals surface area contributed by atoms with Gasteiger partial charge in [0.05, 0.1) is 5.92 Å². The Balaban J connectivity index is 4.19. The van der Waals surface area contributed by atoms with Gasteiger partial charge in [-0.15, -0.1) is 0 Å². The summed E-state index contributed by atoms with van der Waals surface area (Å²) in [5, 5.41) is 0. The third-order valence-corrected chi connectivity index (χ3v) is 2.60. The van der Waals surface area contributed by atoms with Crippen molar-refractivity contribution in [2.75, 3.05) is 20.1 Å². The highest BCUT2D eigenvalue weighted by molar-refractivity contribution is 4.74. The van der Waals surface area contributed by atoms with Crippen LogP contribution in [-0.4, -0.2) is 37.3 Å². The van der Waals surface area contributed by atoms with E-state index in [1.165, 1.54) is 0 Å². The zero-order valence-corrected chi connectivity index (χ0v) is 8.93. The number of halogens is 3. The maximum atomic E-state index is 12.3. The summed E-state index contributed by atoms with van der Waals surface area (Å²) in [7, 11) is 1.70. The molecule has 0 heterocycles. The van der Waals surface area contributed by atoms with E-state index < -0.39 is 12.1 Å². The van der Waals surface area contributed by atoms with Crippen molar-refractivity contribution in [3.05, 3.63) is 0 Å². The first-order chi connectivity index (χ1) is 6.32. The van der Waals surface area contributed by atoms with E-state index in [2.05, 4.69) is 0 Å². The Bertz CT molecular complexity index is 159. The predicted molar refractivity (Wildman–Crippen MR) is 51.0 cm³/mol. The van der Waals surface area contributed by atoms with E-state index in [0.29, 0.717) is 0 Å². The van der Waals surface area contributed by atoms with Gasteiger partial charge in [0.1, 0.15) is 0 Å². The van der Waals surface area contributed by atoms with Crippen LogP contribution in [0.5, 0.6) is 0 Å². The molecule has 0 saturated heterocycles. The highest BCUT2D eigenvalue weighted by Crippen LogP contribution is 2.26. The number of alkyl halides is 3. The van der Waals surface area contributed by atoms with Gasteiger partial charge in [0, 0.05) is 19.1 Å². The fraction of sp³-hybridized carbons (Fsp3) is 1.00. The topological polar surface area (TPSA) is 29.3 Å². The lowest BCUT2D eigenvalue weighted by molar-refractivity contribution is -0.176. The second-order valence-electron chi connectivity index (χ2n) is 3.67. The maximum absolute atomic E-state index is 12.3. The second kappa shape index (κ2) is 5.56. The van der Waals surface area contributed by atoms with E-state index in [0.717, 1.165) is 6.42 Å². The summed E-state index contributed by atoms with van der Waals surface area (Å²) in [5.74, 6) is -1.42. The average Bonchev–Trinajstić information content (AvgIpc) is 2.10. The van der Waals surface area contributed by atoms with Crippen molar-refractivity contribution in [1.82, 2.24) is 4.90 Å². The molecule has 0 aromatic heterocycles. The molecule has 0 aromatic rings. The molecule has 14 heavy (non-hydrogen) atoms. The van der Waals surface area contributed by atoms with Crippen LogP contribution in [0.3, 0.4) is 0 Å². The number of rotatable bonds is 5. The highest BCUT2D eigenvalue weighted by Gasteiger charge is 2.39. The van der Waals surface area contributed by atoms with Gasteiger partial charge >= 0.3 is 6.18 Å². The number of nitrogens with two attached hydrogens (primary N) is 1. The molecule has 2 atom stereocenters. The molecule has 0 aliphatic rings. The summed E-state index contributed by atoms with van der Waals surface area (Å²) >= 11 is 0. The van der Waals surface area contributed by atoms with Gasteiger partial charge in [-0.2, -0.15) is 13.2 Å². The predicted octanol–water partition coefficient (Wildman–Crippen LogP) is 1.85. The molecule has 5 heteroatoms. The van der Waals surface area contributed by atoms with Crippen LogP contribution in [0, 0.1) is 5.92 Å². The van der Waals surface area contributed by atoms with Crippen LogP contribution in [0.2, 0.25) is 0 Å². The van der Waals surface area contributed by atoms with E-state index >= 15 is 0 Å². The molecular formula is C9H19F3N2. The van der Waals surface area contributed by atoms with Crippen molar-refractivity contribution in [3.8, 4) is 0 Å². The molecule has 0 aliphatic carbocycles. The van der Waals surface area contributed by atoms with Gasteiger partial charge in [0.2, 0.25) is 0 Å². The maximum Gasteiger partial charge on any atom is 0.394 e. The van der Waals surface area contributed by atoms with Gasteiger partial charge in [0.25, 0.3) is 0 Å². The lowest BCUT2D eigenvalue weighted by atomic mass is 10.1. The largest absolute Gasteiger partial charge is 0.394 e. The first kappa shape index (κ1) is 13.7. The minimum atomic E-state index is -4.18. The Labute approximate surface area is 83.3 Å². The van der Waals surface area contributed by atoms with Crippen molar-refractivity contribution < 1.29 is 13.2 Å². The van der Waals surface area contributed by atoms with Gasteiger partial charge < -0.3 is 10.6 Å². The molecule has 0 amide bonds. The van der Waals surface area contributed by atoms with E-state index in [-0.39, 0.29) is 19.1 Å². The van der Waals surface area contributed by atoms with E-state index in [1.807, 2.05) is 13.8 Å². The van der Waals surface area contributed by atoms with Crippen LogP contribution in [0.25, 0.3) is 0 Å². The molecule has 0 rings (SSSR count). The summed E-state index contributed by atoms with van der Waals surface area (Å²) in [6, 6.07) is 0.159. The van der Waals surface area contributed by atoms with Crippen LogP contribution >= 0.6 is 0 Å². The van der Waals surface area contributed by atoms with Crippen LogP contribution in [-0.2, 0) is 0 Å². The van der Waals surface area contributed by atoms with Crippen molar-refractivity contribution >= 4 is 0 Å². The SMILES string of the molecule is CCC(C)N(C)CC(CN)C(F)(F)F. The number of hydrogen-bond acceptors (Lipinski definition) is 2. The Kier molecular flexibility index (Phi) is 5.44. The average molecular weight is 212 g/mol. The normalized spacial score (nSPS) is 17.1. The fourth-order valence-corrected chi connectivity index (χ4v) is 1.15. The molecule has 2 N–H and O–H groups in total. The van der Waals surface area contributed by atoms with Gasteiger partial charge in [-0.3, -0.25) is 0 Å². The summed E-state index contributed by atoms with van der Waals surface area (Å²) < 4.78 is 37.0. The van der Waals surface area contributed by atoms with Crippen LogP contribution in [0.15, 0.2) is 0 Å². The zero-order chi connectivity index (χ0) is 11.4. The Morgan fingerprint density at radius 2 is 1.86 bits per heavy atom. The number of hydrogen-bond donors (Lipinski definition) is 1. The molecule has 0 spiro atoms. The first-order valence-electron chi connectivity index (χ1n) is 4.79. The van der Waals surface area contributed by atoms with E-state index in [1.54, 1.807) is 11.9 Å². The third kappa shape index (κ3) is 4.28. The van der Waals surface area contributed by atoms with Gasteiger partial charge in [0.15, 0.2) is 0 Å². The van der Waals surface area contributed by atoms with E-state index in [4.69, 9.17) is 5.73 Å². The molecule has 0 aromatic carbocycles. The molecule has 0 radical (unpaired) electrons. The van der Waals surface area contributed by atoms with Crippen LogP contribution < -0.4 is 5.73 Å². The Morgan fingerprint density at radius 1 is 1.36 bits per heavy atom. The molecule has 2 nitrogen and oxygen atoms in total. The van der Waals surface area contributed by atoms with Gasteiger partial charge in [-0.05, 0) is 20.4 Å².